The van der Waals surface area contributed by atoms with Crippen molar-refractivity contribution in [1.82, 2.24) is 15.0 Å². The number of aromatic nitrogens is 3. The average molecular weight is 426 g/mol. The molecule has 0 bridgehead atoms. The third-order valence-corrected chi connectivity index (χ3v) is 6.06. The van der Waals surface area contributed by atoms with E-state index in [0.717, 1.165) is 27.4 Å². The molecule has 0 aliphatic carbocycles. The number of rotatable bonds is 6. The molecular formula is C19H21F3N4O2S. The lowest BCUT2D eigenvalue weighted by Gasteiger charge is -2.26. The second-order valence-electron chi connectivity index (χ2n) is 7.21. The molecule has 1 aromatic carbocycles. The third kappa shape index (κ3) is 3.74. The third-order valence-electron chi connectivity index (χ3n) is 4.88. The van der Waals surface area contributed by atoms with Crippen molar-refractivity contribution in [3.05, 3.63) is 46.1 Å². The van der Waals surface area contributed by atoms with Gasteiger partial charge >= 0.3 is 6.18 Å². The van der Waals surface area contributed by atoms with E-state index in [4.69, 9.17) is 5.73 Å². The van der Waals surface area contributed by atoms with Gasteiger partial charge in [-0.2, -0.15) is 13.2 Å². The van der Waals surface area contributed by atoms with Crippen molar-refractivity contribution in [2.45, 2.75) is 51.4 Å². The van der Waals surface area contributed by atoms with E-state index in [0.29, 0.717) is 4.88 Å². The minimum Gasteiger partial charge on any atom is -0.375 e. The molecule has 0 saturated carbocycles. The molecule has 0 aliphatic heterocycles. The molecule has 3 rings (SSSR count). The number of benzene rings is 1. The van der Waals surface area contributed by atoms with Crippen molar-refractivity contribution in [3.63, 3.8) is 0 Å². The zero-order chi connectivity index (χ0) is 21.6. The maximum absolute atomic E-state index is 13.2. The molecule has 0 fully saturated rings. The van der Waals surface area contributed by atoms with Crippen LogP contribution in [-0.2, 0) is 12.1 Å². The summed E-state index contributed by atoms with van der Waals surface area (Å²) < 4.78 is 41.7. The van der Waals surface area contributed by atoms with E-state index in [9.17, 15) is 23.1 Å². The number of alkyl halides is 3. The Kier molecular flexibility index (Phi) is 5.44. The molecule has 29 heavy (non-hydrogen) atoms. The fourth-order valence-corrected chi connectivity index (χ4v) is 4.57. The van der Waals surface area contributed by atoms with Gasteiger partial charge in [-0.3, -0.25) is 4.79 Å². The number of nitrogens with zero attached hydrogens (tertiary/aromatic N) is 3. The van der Waals surface area contributed by atoms with Crippen molar-refractivity contribution >= 4 is 27.3 Å². The van der Waals surface area contributed by atoms with Gasteiger partial charge in [-0.15, -0.1) is 16.4 Å². The Bertz CT molecular complexity index is 1060. The van der Waals surface area contributed by atoms with Crippen LogP contribution in [0.2, 0.25) is 0 Å². The van der Waals surface area contributed by atoms with Gasteiger partial charge in [0.05, 0.1) is 17.6 Å². The summed E-state index contributed by atoms with van der Waals surface area (Å²) in [5.41, 5.74) is 3.59. The molecule has 10 heteroatoms. The van der Waals surface area contributed by atoms with E-state index in [2.05, 4.69) is 10.3 Å². The largest absolute Gasteiger partial charge is 0.423 e. The van der Waals surface area contributed by atoms with E-state index in [1.807, 2.05) is 32.0 Å². The minimum atomic E-state index is -4.85. The van der Waals surface area contributed by atoms with Gasteiger partial charge in [0, 0.05) is 4.70 Å². The molecule has 0 aliphatic rings. The number of halogens is 3. The Morgan fingerprint density at radius 1 is 1.34 bits per heavy atom. The van der Waals surface area contributed by atoms with Crippen LogP contribution in [0.3, 0.4) is 0 Å². The molecule has 3 N–H and O–H groups in total. The van der Waals surface area contributed by atoms with E-state index < -0.39 is 29.8 Å². The minimum absolute atomic E-state index is 0.115. The Hall–Kier alpha value is -2.46. The normalized spacial score (nSPS) is 14.5. The Labute approximate surface area is 169 Å². The number of nitrogens with two attached hydrogens (primary N) is 1. The first-order chi connectivity index (χ1) is 13.5. The van der Waals surface area contributed by atoms with E-state index in [1.54, 1.807) is 0 Å². The summed E-state index contributed by atoms with van der Waals surface area (Å²) in [5.74, 6) is -0.368. The molecule has 3 aromatic rings. The van der Waals surface area contributed by atoms with Gasteiger partial charge in [0.1, 0.15) is 5.69 Å². The number of amides is 1. The van der Waals surface area contributed by atoms with E-state index in [1.165, 1.54) is 22.9 Å². The number of fused-ring (bicyclic) bond motifs is 1. The van der Waals surface area contributed by atoms with Gasteiger partial charge in [-0.25, -0.2) is 4.68 Å². The first kappa shape index (κ1) is 21.3. The Morgan fingerprint density at radius 2 is 2.03 bits per heavy atom. The molecule has 2 aromatic heterocycles. The van der Waals surface area contributed by atoms with Gasteiger partial charge < -0.3 is 10.8 Å². The molecule has 1 atom stereocenters. The topological polar surface area (TPSA) is 94.0 Å². The maximum atomic E-state index is 13.2. The Morgan fingerprint density at radius 3 is 2.59 bits per heavy atom. The summed E-state index contributed by atoms with van der Waals surface area (Å²) in [7, 11) is 0. The van der Waals surface area contributed by atoms with Crippen molar-refractivity contribution in [1.29, 1.82) is 0 Å². The van der Waals surface area contributed by atoms with Crippen LogP contribution in [0.1, 0.15) is 59.6 Å². The number of thiophene rings is 1. The van der Waals surface area contributed by atoms with Crippen LogP contribution in [0.15, 0.2) is 24.4 Å². The molecule has 0 radical (unpaired) electrons. The molecule has 0 saturated heterocycles. The van der Waals surface area contributed by atoms with E-state index in [-0.39, 0.29) is 12.5 Å². The average Bonchev–Trinajstić information content (AvgIpc) is 3.24. The fourth-order valence-electron chi connectivity index (χ4n) is 3.29. The summed E-state index contributed by atoms with van der Waals surface area (Å²) in [4.78, 5) is 12.3. The number of primary amides is 1. The molecule has 156 valence electrons. The van der Waals surface area contributed by atoms with Gasteiger partial charge in [-0.1, -0.05) is 38.1 Å². The Balaban J connectivity index is 1.94. The van der Waals surface area contributed by atoms with Crippen molar-refractivity contribution in [2.24, 2.45) is 5.73 Å². The van der Waals surface area contributed by atoms with Gasteiger partial charge in [0.15, 0.2) is 0 Å². The standard InChI is InChI=1S/C19H21F3N4O2S/c1-4-18(28,19(20,21)22)14-9-26(25-24-14)8-11-5-6-12-13(7-11)29-16(17(23)27)15(12)10(2)3/h5-7,9-10,28H,4,8H2,1-3H3,(H2,23,27). The summed E-state index contributed by atoms with van der Waals surface area (Å²) in [5, 5.41) is 18.2. The van der Waals surface area contributed by atoms with Crippen molar-refractivity contribution in [2.75, 3.05) is 0 Å². The zero-order valence-corrected chi connectivity index (χ0v) is 16.9. The first-order valence-electron chi connectivity index (χ1n) is 9.02. The van der Waals surface area contributed by atoms with Crippen LogP contribution in [0.25, 0.3) is 10.1 Å². The lowest BCUT2D eigenvalue weighted by Crippen LogP contribution is -2.42. The lowest BCUT2D eigenvalue weighted by molar-refractivity contribution is -0.269. The van der Waals surface area contributed by atoms with Crippen LogP contribution in [0.5, 0.6) is 0 Å². The summed E-state index contributed by atoms with van der Waals surface area (Å²) in [6, 6.07) is 5.55. The maximum Gasteiger partial charge on any atom is 0.423 e. The number of aliphatic hydroxyl groups is 1. The predicted molar refractivity (Wildman–Crippen MR) is 104 cm³/mol. The SMILES string of the molecule is CCC(O)(c1cn(Cc2ccc3c(C(C)C)c(C(N)=O)sc3c2)nn1)C(F)(F)F. The second kappa shape index (κ2) is 7.42. The molecular weight excluding hydrogens is 405 g/mol. The molecule has 1 unspecified atom stereocenters. The highest BCUT2D eigenvalue weighted by molar-refractivity contribution is 7.21. The number of hydrogen-bond acceptors (Lipinski definition) is 5. The molecule has 6 nitrogen and oxygen atoms in total. The van der Waals surface area contributed by atoms with Gasteiger partial charge in [-0.05, 0) is 34.9 Å². The number of carbonyl (C=O) groups excluding carboxylic acids is 1. The molecule has 1 amide bonds. The van der Waals surface area contributed by atoms with Crippen LogP contribution < -0.4 is 5.73 Å². The lowest BCUT2D eigenvalue weighted by atomic mass is 9.96. The van der Waals surface area contributed by atoms with E-state index >= 15 is 0 Å². The smallest absolute Gasteiger partial charge is 0.375 e. The zero-order valence-electron chi connectivity index (χ0n) is 16.1. The number of carbonyl (C=O) groups is 1. The monoisotopic (exact) mass is 426 g/mol. The highest BCUT2D eigenvalue weighted by atomic mass is 32.1. The summed E-state index contributed by atoms with van der Waals surface area (Å²) in [6.07, 6.45) is -4.31. The fraction of sp³-hybridized carbons (Fsp3) is 0.421. The summed E-state index contributed by atoms with van der Waals surface area (Å²) >= 11 is 1.29. The molecule has 2 heterocycles. The quantitative estimate of drug-likeness (QED) is 0.625. The van der Waals surface area contributed by atoms with Crippen LogP contribution in [0.4, 0.5) is 13.2 Å². The van der Waals surface area contributed by atoms with Crippen molar-refractivity contribution < 1.29 is 23.1 Å². The molecule has 0 spiro atoms. The van der Waals surface area contributed by atoms with Gasteiger partial charge in [0.25, 0.3) is 5.91 Å². The highest BCUT2D eigenvalue weighted by Crippen LogP contribution is 2.40. The van der Waals surface area contributed by atoms with Gasteiger partial charge in [0.2, 0.25) is 5.60 Å². The van der Waals surface area contributed by atoms with Crippen LogP contribution in [0, 0.1) is 0 Å². The number of hydrogen-bond donors (Lipinski definition) is 2. The van der Waals surface area contributed by atoms with Crippen molar-refractivity contribution in [3.8, 4) is 0 Å². The first-order valence-corrected chi connectivity index (χ1v) is 9.84. The predicted octanol–water partition coefficient (Wildman–Crippen LogP) is 3.92. The van der Waals surface area contributed by atoms with Crippen LogP contribution >= 0.6 is 11.3 Å². The van der Waals surface area contributed by atoms with Crippen LogP contribution in [-0.4, -0.2) is 32.2 Å². The summed E-state index contributed by atoms with van der Waals surface area (Å²) in [6.45, 7) is 5.36. The highest BCUT2D eigenvalue weighted by Gasteiger charge is 2.55. The second-order valence-corrected chi connectivity index (χ2v) is 8.26.